The lowest BCUT2D eigenvalue weighted by molar-refractivity contribution is -0.141. The summed E-state index contributed by atoms with van der Waals surface area (Å²) in [5.74, 6) is 2.48. The van der Waals surface area contributed by atoms with Crippen LogP contribution in [0, 0.1) is 11.8 Å². The first kappa shape index (κ1) is 24.7. The second-order valence-corrected chi connectivity index (χ2v) is 7.70. The van der Waals surface area contributed by atoms with Crippen molar-refractivity contribution >= 4 is 18.0 Å². The third-order valence-electron chi connectivity index (χ3n) is 5.47. The van der Waals surface area contributed by atoms with Gasteiger partial charge in [-0.05, 0) is 29.2 Å². The zero-order valence-electron chi connectivity index (χ0n) is 18.4. The van der Waals surface area contributed by atoms with Gasteiger partial charge in [-0.25, -0.2) is 18.4 Å². The number of alkyl halides is 2. The molecule has 2 amide bonds. The van der Waals surface area contributed by atoms with Crippen LogP contribution in [0.15, 0.2) is 48.5 Å². The molecule has 2 aromatic rings. The molecular formula is C25H24F2N2O5. The number of hydrogen-bond donors (Lipinski definition) is 3. The van der Waals surface area contributed by atoms with Crippen LogP contribution in [-0.4, -0.2) is 48.2 Å². The first-order valence-corrected chi connectivity index (χ1v) is 10.6. The molecule has 3 rings (SSSR count). The van der Waals surface area contributed by atoms with Crippen LogP contribution < -0.4 is 10.6 Å². The monoisotopic (exact) mass is 470 g/mol. The van der Waals surface area contributed by atoms with E-state index in [9.17, 15) is 23.2 Å². The Kier molecular flexibility index (Phi) is 8.19. The molecule has 0 saturated carbocycles. The number of aliphatic carboxylic acids is 1. The molecule has 3 N–H and O–H groups in total. The van der Waals surface area contributed by atoms with E-state index in [1.807, 2.05) is 53.8 Å². The van der Waals surface area contributed by atoms with Gasteiger partial charge in [0, 0.05) is 12.3 Å². The van der Waals surface area contributed by atoms with Gasteiger partial charge in [-0.15, -0.1) is 11.8 Å². The van der Waals surface area contributed by atoms with Crippen molar-refractivity contribution in [1.82, 2.24) is 10.6 Å². The Morgan fingerprint density at radius 1 is 1.03 bits per heavy atom. The number of nitrogens with one attached hydrogen (secondary N) is 2. The van der Waals surface area contributed by atoms with Gasteiger partial charge in [0.2, 0.25) is 5.91 Å². The zero-order chi connectivity index (χ0) is 24.7. The standard InChI is InChI=1S/C25H24F2N2O5/c1-2-3-12-20(24(31)32)28-22(30)13-21(23(26)27)29-25(33)34-14-19-17-10-6-4-8-15(17)16-9-5-7-11-18(16)19/h4-11,19-21,23H,12-14H2,1H3,(H,28,30)(H,29,33)(H,31,32). The van der Waals surface area contributed by atoms with Crippen LogP contribution in [0.5, 0.6) is 0 Å². The molecule has 2 atom stereocenters. The third kappa shape index (κ3) is 5.90. The average Bonchev–Trinajstić information content (AvgIpc) is 3.13. The fourth-order valence-corrected chi connectivity index (χ4v) is 3.85. The van der Waals surface area contributed by atoms with Crippen molar-refractivity contribution in [3.05, 3.63) is 59.7 Å². The van der Waals surface area contributed by atoms with Gasteiger partial charge in [0.15, 0.2) is 0 Å². The number of rotatable bonds is 9. The highest BCUT2D eigenvalue weighted by Gasteiger charge is 2.31. The summed E-state index contributed by atoms with van der Waals surface area (Å²) in [6, 6.07) is 12.2. The highest BCUT2D eigenvalue weighted by Crippen LogP contribution is 2.44. The van der Waals surface area contributed by atoms with Gasteiger partial charge in [-0.2, -0.15) is 0 Å². The maximum Gasteiger partial charge on any atom is 0.407 e. The Morgan fingerprint density at radius 3 is 2.15 bits per heavy atom. The van der Waals surface area contributed by atoms with Crippen molar-refractivity contribution in [2.75, 3.05) is 6.61 Å². The molecule has 2 unspecified atom stereocenters. The lowest BCUT2D eigenvalue weighted by Gasteiger charge is -2.20. The van der Waals surface area contributed by atoms with Crippen molar-refractivity contribution < 1.29 is 33.0 Å². The van der Waals surface area contributed by atoms with E-state index in [4.69, 9.17) is 9.84 Å². The van der Waals surface area contributed by atoms with Crippen molar-refractivity contribution in [2.45, 2.75) is 44.2 Å². The van der Waals surface area contributed by atoms with Gasteiger partial charge in [-0.1, -0.05) is 48.5 Å². The van der Waals surface area contributed by atoms with Gasteiger partial charge < -0.3 is 20.5 Å². The number of fused-ring (bicyclic) bond motifs is 3. The number of alkyl carbamates (subject to hydrolysis) is 1. The number of halogens is 2. The van der Waals surface area contributed by atoms with E-state index in [1.54, 1.807) is 0 Å². The molecule has 0 bridgehead atoms. The minimum Gasteiger partial charge on any atom is -0.480 e. The lowest BCUT2D eigenvalue weighted by Crippen LogP contribution is -2.47. The van der Waals surface area contributed by atoms with E-state index in [-0.39, 0.29) is 18.9 Å². The Hall–Kier alpha value is -3.93. The fraction of sp³-hybridized carbons (Fsp3) is 0.320. The number of hydrogen-bond acceptors (Lipinski definition) is 4. The van der Waals surface area contributed by atoms with Crippen molar-refractivity contribution in [3.8, 4) is 23.0 Å². The third-order valence-corrected chi connectivity index (χ3v) is 5.47. The van der Waals surface area contributed by atoms with Gasteiger partial charge in [0.1, 0.15) is 18.7 Å². The molecule has 0 aromatic heterocycles. The molecule has 0 aliphatic heterocycles. The minimum absolute atomic E-state index is 0.0706. The molecule has 2 aromatic carbocycles. The number of carboxylic acids is 1. The minimum atomic E-state index is -3.06. The SMILES string of the molecule is CC#CCC(NC(=O)CC(NC(=O)OCC1c2ccccc2-c2ccccc21)C(F)F)C(=O)O. The second-order valence-electron chi connectivity index (χ2n) is 7.70. The van der Waals surface area contributed by atoms with Crippen LogP contribution in [0.2, 0.25) is 0 Å². The predicted molar refractivity (Wildman–Crippen MR) is 120 cm³/mol. The normalized spacial score (nSPS) is 13.6. The molecule has 178 valence electrons. The molecule has 1 aliphatic carbocycles. The second kappa shape index (κ2) is 11.3. The molecular weight excluding hydrogens is 446 g/mol. The zero-order valence-corrected chi connectivity index (χ0v) is 18.4. The van der Waals surface area contributed by atoms with Crippen LogP contribution in [0.3, 0.4) is 0 Å². The summed E-state index contributed by atoms with van der Waals surface area (Å²) in [5, 5.41) is 13.3. The summed E-state index contributed by atoms with van der Waals surface area (Å²) in [5.41, 5.74) is 3.98. The summed E-state index contributed by atoms with van der Waals surface area (Å²) >= 11 is 0. The van der Waals surface area contributed by atoms with Crippen LogP contribution in [0.25, 0.3) is 11.1 Å². The largest absolute Gasteiger partial charge is 0.480 e. The Labute approximate surface area is 195 Å². The molecule has 0 radical (unpaired) electrons. The predicted octanol–water partition coefficient (Wildman–Crippen LogP) is 3.53. The molecule has 34 heavy (non-hydrogen) atoms. The summed E-state index contributed by atoms with van der Waals surface area (Å²) in [7, 11) is 0. The number of carboxylic acid groups (broad SMARTS) is 1. The average molecular weight is 470 g/mol. The van der Waals surface area contributed by atoms with Gasteiger partial charge >= 0.3 is 12.1 Å². The molecule has 0 fully saturated rings. The van der Waals surface area contributed by atoms with Crippen LogP contribution in [-0.2, 0) is 14.3 Å². The summed E-state index contributed by atoms with van der Waals surface area (Å²) in [4.78, 5) is 35.6. The van der Waals surface area contributed by atoms with Gasteiger partial charge in [0.25, 0.3) is 6.43 Å². The van der Waals surface area contributed by atoms with E-state index >= 15 is 0 Å². The molecule has 0 heterocycles. The molecule has 0 saturated heterocycles. The van der Waals surface area contributed by atoms with Crippen molar-refractivity contribution in [1.29, 1.82) is 0 Å². The number of amides is 2. The van der Waals surface area contributed by atoms with E-state index in [1.165, 1.54) is 6.92 Å². The van der Waals surface area contributed by atoms with Gasteiger partial charge in [0.05, 0.1) is 6.42 Å². The van der Waals surface area contributed by atoms with Crippen LogP contribution in [0.4, 0.5) is 13.6 Å². The number of benzene rings is 2. The number of ether oxygens (including phenoxy) is 1. The summed E-state index contributed by atoms with van der Waals surface area (Å²) < 4.78 is 32.2. The maximum atomic E-state index is 13.5. The van der Waals surface area contributed by atoms with Crippen molar-refractivity contribution in [2.24, 2.45) is 0 Å². The number of carbonyl (C=O) groups excluding carboxylic acids is 2. The highest BCUT2D eigenvalue weighted by molar-refractivity contribution is 5.84. The lowest BCUT2D eigenvalue weighted by atomic mass is 9.98. The van der Waals surface area contributed by atoms with E-state index in [0.717, 1.165) is 22.3 Å². The molecule has 1 aliphatic rings. The van der Waals surface area contributed by atoms with Gasteiger partial charge in [-0.3, -0.25) is 4.79 Å². The Balaban J connectivity index is 1.60. The number of carbonyl (C=O) groups is 3. The van der Waals surface area contributed by atoms with Crippen LogP contribution >= 0.6 is 0 Å². The highest BCUT2D eigenvalue weighted by atomic mass is 19.3. The first-order chi connectivity index (χ1) is 16.3. The Bertz CT molecular complexity index is 1080. The van der Waals surface area contributed by atoms with E-state index in [2.05, 4.69) is 17.2 Å². The Morgan fingerprint density at radius 2 is 1.62 bits per heavy atom. The van der Waals surface area contributed by atoms with E-state index < -0.39 is 42.9 Å². The van der Waals surface area contributed by atoms with E-state index in [0.29, 0.717) is 0 Å². The van der Waals surface area contributed by atoms with Crippen LogP contribution in [0.1, 0.15) is 36.8 Å². The van der Waals surface area contributed by atoms with Crippen molar-refractivity contribution in [3.63, 3.8) is 0 Å². The molecule has 9 heteroatoms. The smallest absolute Gasteiger partial charge is 0.407 e. The maximum absolute atomic E-state index is 13.5. The first-order valence-electron chi connectivity index (χ1n) is 10.6. The summed E-state index contributed by atoms with van der Waals surface area (Å²) in [6.45, 7) is 1.44. The fourth-order valence-electron chi connectivity index (χ4n) is 3.85. The summed E-state index contributed by atoms with van der Waals surface area (Å²) in [6.07, 6.45) is -5.14. The quantitative estimate of drug-likeness (QED) is 0.487. The topological polar surface area (TPSA) is 105 Å². The molecule has 0 spiro atoms. The molecule has 7 nitrogen and oxygen atoms in total.